The second-order valence-corrected chi connectivity index (χ2v) is 7.82. The summed E-state index contributed by atoms with van der Waals surface area (Å²) in [6.45, 7) is 9.03. The van der Waals surface area contributed by atoms with Gasteiger partial charge < -0.3 is 10.6 Å². The highest BCUT2D eigenvalue weighted by molar-refractivity contribution is 7.08. The van der Waals surface area contributed by atoms with Crippen LogP contribution in [0.1, 0.15) is 73.9 Å². The number of carbonyl (C=O) groups is 2. The highest BCUT2D eigenvalue weighted by Gasteiger charge is 2.15. The molecular formula is C21H28N2O2S. The normalized spacial score (nSPS) is 11.0. The number of anilines is 1. The second-order valence-electron chi connectivity index (χ2n) is 7.04. The summed E-state index contributed by atoms with van der Waals surface area (Å²) in [4.78, 5) is 24.3. The van der Waals surface area contributed by atoms with Crippen LogP contribution in [0.4, 0.5) is 5.69 Å². The van der Waals surface area contributed by atoms with E-state index in [4.69, 9.17) is 0 Å². The first-order valence-corrected chi connectivity index (χ1v) is 10.1. The Morgan fingerprint density at radius 2 is 1.69 bits per heavy atom. The molecule has 2 amide bonds. The number of para-hydroxylation sites is 1. The minimum absolute atomic E-state index is 0.00946. The van der Waals surface area contributed by atoms with E-state index in [1.54, 1.807) is 6.07 Å². The van der Waals surface area contributed by atoms with Gasteiger partial charge in [-0.2, -0.15) is 11.3 Å². The Hall–Kier alpha value is -2.14. The number of thiophene rings is 1. The predicted octanol–water partition coefficient (Wildman–Crippen LogP) is 5.14. The van der Waals surface area contributed by atoms with E-state index in [9.17, 15) is 9.59 Å². The fourth-order valence-corrected chi connectivity index (χ4v) is 3.48. The molecule has 2 N–H and O–H groups in total. The zero-order valence-corrected chi connectivity index (χ0v) is 16.8. The van der Waals surface area contributed by atoms with Crippen molar-refractivity contribution in [3.05, 3.63) is 51.7 Å². The summed E-state index contributed by atoms with van der Waals surface area (Å²) < 4.78 is 0. The molecule has 2 rings (SSSR count). The molecule has 4 nitrogen and oxygen atoms in total. The van der Waals surface area contributed by atoms with E-state index in [0.29, 0.717) is 36.8 Å². The highest BCUT2D eigenvalue weighted by Crippen LogP contribution is 2.32. The van der Waals surface area contributed by atoms with Crippen molar-refractivity contribution in [3.63, 3.8) is 0 Å². The lowest BCUT2D eigenvalue weighted by Gasteiger charge is -2.20. The van der Waals surface area contributed by atoms with E-state index < -0.39 is 0 Å². The lowest BCUT2D eigenvalue weighted by molar-refractivity contribution is -0.116. The van der Waals surface area contributed by atoms with Crippen LogP contribution in [0.15, 0.2) is 35.0 Å². The number of rotatable bonds is 8. The van der Waals surface area contributed by atoms with Crippen LogP contribution in [0.25, 0.3) is 0 Å². The van der Waals surface area contributed by atoms with Crippen molar-refractivity contribution < 1.29 is 9.59 Å². The van der Waals surface area contributed by atoms with Crippen molar-refractivity contribution in [3.8, 4) is 0 Å². The first-order valence-electron chi connectivity index (χ1n) is 9.13. The third-order valence-corrected chi connectivity index (χ3v) is 4.97. The fourth-order valence-electron chi connectivity index (χ4n) is 2.84. The maximum Gasteiger partial charge on any atom is 0.252 e. The Balaban J connectivity index is 1.90. The largest absolute Gasteiger partial charge is 0.352 e. The highest BCUT2D eigenvalue weighted by atomic mass is 32.1. The molecule has 26 heavy (non-hydrogen) atoms. The maximum atomic E-state index is 12.4. The first-order chi connectivity index (χ1) is 12.4. The van der Waals surface area contributed by atoms with Gasteiger partial charge in [0.25, 0.3) is 5.91 Å². The van der Waals surface area contributed by atoms with Crippen LogP contribution < -0.4 is 10.6 Å². The minimum Gasteiger partial charge on any atom is -0.352 e. The number of amides is 2. The van der Waals surface area contributed by atoms with Crippen LogP contribution in [0.2, 0.25) is 0 Å². The monoisotopic (exact) mass is 372 g/mol. The van der Waals surface area contributed by atoms with Gasteiger partial charge in [-0.25, -0.2) is 0 Å². The fraction of sp³-hybridized carbons (Fsp3) is 0.429. The van der Waals surface area contributed by atoms with Gasteiger partial charge in [0, 0.05) is 29.6 Å². The van der Waals surface area contributed by atoms with Crippen molar-refractivity contribution in [2.75, 3.05) is 11.9 Å². The van der Waals surface area contributed by atoms with Crippen LogP contribution in [0, 0.1) is 0 Å². The number of hydrogen-bond donors (Lipinski definition) is 2. The summed E-state index contributed by atoms with van der Waals surface area (Å²) in [6, 6.07) is 8.00. The zero-order valence-electron chi connectivity index (χ0n) is 16.0. The standard InChI is InChI=1S/C21H28N2O2S/c1-14(2)17-7-5-8-18(15(3)4)20(17)23-19(24)9-6-11-22-21(25)16-10-12-26-13-16/h5,7-8,10,12-15H,6,9,11H2,1-4H3,(H,22,25)(H,23,24). The SMILES string of the molecule is CC(C)c1cccc(C(C)C)c1NC(=O)CCCNC(=O)c1ccsc1. The van der Waals surface area contributed by atoms with E-state index in [0.717, 1.165) is 16.8 Å². The molecule has 0 aliphatic carbocycles. The second kappa shape index (κ2) is 9.53. The van der Waals surface area contributed by atoms with Crippen molar-refractivity contribution in [2.24, 2.45) is 0 Å². The van der Waals surface area contributed by atoms with E-state index in [1.165, 1.54) is 11.3 Å². The molecule has 0 saturated heterocycles. The molecule has 140 valence electrons. The third kappa shape index (κ3) is 5.43. The molecule has 0 unspecified atom stereocenters. The number of carbonyl (C=O) groups excluding carboxylic acids is 2. The van der Waals surface area contributed by atoms with Crippen LogP contribution >= 0.6 is 11.3 Å². The molecule has 0 atom stereocenters. The molecule has 0 aliphatic rings. The first kappa shape index (κ1) is 20.2. The molecule has 0 fully saturated rings. The van der Waals surface area contributed by atoms with Crippen molar-refractivity contribution in [1.29, 1.82) is 0 Å². The van der Waals surface area contributed by atoms with Gasteiger partial charge in [0.1, 0.15) is 0 Å². The third-order valence-electron chi connectivity index (χ3n) is 4.29. The average Bonchev–Trinajstić information content (AvgIpc) is 3.13. The van der Waals surface area contributed by atoms with Crippen LogP contribution in [0.3, 0.4) is 0 Å². The average molecular weight is 373 g/mol. The number of nitrogens with one attached hydrogen (secondary N) is 2. The van der Waals surface area contributed by atoms with E-state index in [1.807, 2.05) is 10.8 Å². The molecule has 1 aromatic heterocycles. The summed E-state index contributed by atoms with van der Waals surface area (Å²) in [5.74, 6) is 0.589. The van der Waals surface area contributed by atoms with Gasteiger partial charge in [-0.3, -0.25) is 9.59 Å². The van der Waals surface area contributed by atoms with Gasteiger partial charge in [0.05, 0.1) is 0 Å². The van der Waals surface area contributed by atoms with E-state index >= 15 is 0 Å². The van der Waals surface area contributed by atoms with Gasteiger partial charge in [-0.05, 0) is 40.8 Å². The molecule has 0 spiro atoms. The van der Waals surface area contributed by atoms with Crippen LogP contribution in [-0.2, 0) is 4.79 Å². The summed E-state index contributed by atoms with van der Waals surface area (Å²) in [5.41, 5.74) is 3.95. The number of hydrogen-bond acceptors (Lipinski definition) is 3. The Morgan fingerprint density at radius 3 is 2.23 bits per heavy atom. The molecule has 0 aliphatic heterocycles. The van der Waals surface area contributed by atoms with Gasteiger partial charge in [0.15, 0.2) is 0 Å². The van der Waals surface area contributed by atoms with Gasteiger partial charge in [-0.1, -0.05) is 45.9 Å². The Labute approximate surface area is 160 Å². The molecule has 1 heterocycles. The molecule has 2 aromatic rings. The smallest absolute Gasteiger partial charge is 0.252 e. The van der Waals surface area contributed by atoms with Crippen LogP contribution in [-0.4, -0.2) is 18.4 Å². The summed E-state index contributed by atoms with van der Waals surface area (Å²) in [7, 11) is 0. The van der Waals surface area contributed by atoms with Crippen molar-refractivity contribution >= 4 is 28.8 Å². The molecule has 0 saturated carbocycles. The van der Waals surface area contributed by atoms with Crippen molar-refractivity contribution in [1.82, 2.24) is 5.32 Å². The summed E-state index contributed by atoms with van der Waals surface area (Å²) >= 11 is 1.50. The molecule has 1 aromatic carbocycles. The predicted molar refractivity (Wildman–Crippen MR) is 109 cm³/mol. The lowest BCUT2D eigenvalue weighted by atomic mass is 9.92. The number of benzene rings is 1. The minimum atomic E-state index is -0.0843. The Bertz CT molecular complexity index is 710. The van der Waals surface area contributed by atoms with E-state index in [2.05, 4.69) is 56.5 Å². The zero-order chi connectivity index (χ0) is 19.1. The van der Waals surface area contributed by atoms with Gasteiger partial charge >= 0.3 is 0 Å². The summed E-state index contributed by atoms with van der Waals surface area (Å²) in [5, 5.41) is 9.65. The molecular weight excluding hydrogens is 344 g/mol. The lowest BCUT2D eigenvalue weighted by Crippen LogP contribution is -2.25. The van der Waals surface area contributed by atoms with Crippen LogP contribution in [0.5, 0.6) is 0 Å². The summed E-state index contributed by atoms with van der Waals surface area (Å²) in [6.07, 6.45) is 0.996. The topological polar surface area (TPSA) is 58.2 Å². The molecule has 0 radical (unpaired) electrons. The van der Waals surface area contributed by atoms with Crippen molar-refractivity contribution in [2.45, 2.75) is 52.4 Å². The van der Waals surface area contributed by atoms with Gasteiger partial charge in [-0.15, -0.1) is 0 Å². The maximum absolute atomic E-state index is 12.4. The molecule has 0 bridgehead atoms. The van der Waals surface area contributed by atoms with Gasteiger partial charge in [0.2, 0.25) is 5.91 Å². The Kier molecular flexibility index (Phi) is 7.39. The molecule has 5 heteroatoms. The Morgan fingerprint density at radius 1 is 1.04 bits per heavy atom. The van der Waals surface area contributed by atoms with E-state index in [-0.39, 0.29) is 11.8 Å². The quantitative estimate of drug-likeness (QED) is 0.630.